The van der Waals surface area contributed by atoms with Gasteiger partial charge in [0, 0.05) is 29.6 Å². The number of carbonyl (C=O) groups is 1. The van der Waals surface area contributed by atoms with Crippen molar-refractivity contribution in [2.24, 2.45) is 0 Å². The van der Waals surface area contributed by atoms with Gasteiger partial charge in [-0.3, -0.25) is 14.9 Å². The van der Waals surface area contributed by atoms with Crippen LogP contribution in [0.1, 0.15) is 28.7 Å². The van der Waals surface area contributed by atoms with Crippen molar-refractivity contribution in [2.45, 2.75) is 25.6 Å². The van der Waals surface area contributed by atoms with E-state index >= 15 is 0 Å². The monoisotopic (exact) mass is 366 g/mol. The van der Waals surface area contributed by atoms with Crippen LogP contribution in [0.25, 0.3) is 0 Å². The molecule has 1 N–H and O–H groups in total. The van der Waals surface area contributed by atoms with E-state index in [2.05, 4.69) is 15.5 Å². The molecule has 1 amide bonds. The molecule has 0 atom stereocenters. The lowest BCUT2D eigenvalue weighted by atomic mass is 10.1. The van der Waals surface area contributed by atoms with Crippen molar-refractivity contribution in [3.05, 3.63) is 45.3 Å². The van der Waals surface area contributed by atoms with E-state index in [0.29, 0.717) is 29.8 Å². The van der Waals surface area contributed by atoms with Crippen molar-refractivity contribution in [1.82, 2.24) is 15.5 Å². The van der Waals surface area contributed by atoms with Gasteiger partial charge >= 0.3 is 0 Å². The molecule has 0 bridgehead atoms. The number of hydrogen-bond donors (Lipinski definition) is 1. The van der Waals surface area contributed by atoms with E-state index in [0.717, 1.165) is 0 Å². The first kappa shape index (κ1) is 18.9. The van der Waals surface area contributed by atoms with Crippen LogP contribution in [0.4, 0.5) is 5.69 Å². The van der Waals surface area contributed by atoms with E-state index < -0.39 is 10.8 Å². The maximum Gasteiger partial charge on any atom is 0.276 e. The number of thioether (sulfide) groups is 1. The van der Waals surface area contributed by atoms with E-state index in [-0.39, 0.29) is 23.7 Å². The van der Waals surface area contributed by atoms with Crippen LogP contribution in [-0.2, 0) is 11.3 Å². The van der Waals surface area contributed by atoms with Crippen LogP contribution in [0.3, 0.4) is 0 Å². The first-order chi connectivity index (χ1) is 12.0. The van der Waals surface area contributed by atoms with Gasteiger partial charge in [0.25, 0.3) is 16.8 Å². The van der Waals surface area contributed by atoms with Gasteiger partial charge in [0.1, 0.15) is 0 Å². The summed E-state index contributed by atoms with van der Waals surface area (Å²) < 4.78 is 10.6. The van der Waals surface area contributed by atoms with Gasteiger partial charge in [-0.2, -0.15) is 0 Å². The van der Waals surface area contributed by atoms with Gasteiger partial charge < -0.3 is 14.5 Å². The van der Waals surface area contributed by atoms with E-state index in [1.165, 1.54) is 36.9 Å². The van der Waals surface area contributed by atoms with Gasteiger partial charge in [-0.05, 0) is 19.9 Å². The average molecular weight is 366 g/mol. The SMILES string of the molecule is CCOCCSc1nnc(CNC(=O)c2cccc([N+](=O)[O-])c2C)o1. The summed E-state index contributed by atoms with van der Waals surface area (Å²) in [5.74, 6) is 0.509. The molecule has 134 valence electrons. The molecule has 0 saturated carbocycles. The maximum absolute atomic E-state index is 12.2. The van der Waals surface area contributed by atoms with Crippen molar-refractivity contribution in [3.8, 4) is 0 Å². The van der Waals surface area contributed by atoms with Crippen LogP contribution in [0.5, 0.6) is 0 Å². The molecule has 25 heavy (non-hydrogen) atoms. The molecule has 0 fully saturated rings. The molecule has 0 unspecified atom stereocenters. The molecule has 0 spiro atoms. The highest BCUT2D eigenvalue weighted by molar-refractivity contribution is 7.99. The third-order valence-corrected chi connectivity index (χ3v) is 4.04. The summed E-state index contributed by atoms with van der Waals surface area (Å²) in [6.45, 7) is 4.73. The molecule has 0 saturated heterocycles. The van der Waals surface area contributed by atoms with E-state index in [9.17, 15) is 14.9 Å². The topological polar surface area (TPSA) is 120 Å². The Kier molecular flexibility index (Phi) is 6.90. The quantitative estimate of drug-likeness (QED) is 0.311. The minimum atomic E-state index is -0.518. The lowest BCUT2D eigenvalue weighted by Gasteiger charge is -2.06. The lowest BCUT2D eigenvalue weighted by Crippen LogP contribution is -2.24. The van der Waals surface area contributed by atoms with Crippen molar-refractivity contribution in [2.75, 3.05) is 19.0 Å². The summed E-state index contributed by atoms with van der Waals surface area (Å²) in [7, 11) is 0. The zero-order chi connectivity index (χ0) is 18.2. The van der Waals surface area contributed by atoms with Crippen LogP contribution >= 0.6 is 11.8 Å². The predicted octanol–water partition coefficient (Wildman–Crippen LogP) is 2.34. The lowest BCUT2D eigenvalue weighted by molar-refractivity contribution is -0.385. The number of amides is 1. The molecule has 1 heterocycles. The fourth-order valence-corrected chi connectivity index (χ4v) is 2.65. The Morgan fingerprint density at radius 1 is 1.44 bits per heavy atom. The van der Waals surface area contributed by atoms with Gasteiger partial charge in [-0.25, -0.2) is 0 Å². The van der Waals surface area contributed by atoms with Gasteiger partial charge in [-0.15, -0.1) is 10.2 Å². The third-order valence-electron chi connectivity index (χ3n) is 3.25. The smallest absolute Gasteiger partial charge is 0.276 e. The van der Waals surface area contributed by atoms with Crippen LogP contribution in [0.15, 0.2) is 27.8 Å². The highest BCUT2D eigenvalue weighted by Gasteiger charge is 2.18. The molecule has 2 rings (SSSR count). The minimum Gasteiger partial charge on any atom is -0.414 e. The van der Waals surface area contributed by atoms with E-state index in [1.54, 1.807) is 0 Å². The summed E-state index contributed by atoms with van der Waals surface area (Å²) in [6.07, 6.45) is 0. The van der Waals surface area contributed by atoms with Crippen molar-refractivity contribution in [1.29, 1.82) is 0 Å². The number of nitrogens with one attached hydrogen (secondary N) is 1. The maximum atomic E-state index is 12.2. The normalized spacial score (nSPS) is 10.6. The molecular formula is C15H18N4O5S. The molecule has 1 aromatic carbocycles. The first-order valence-electron chi connectivity index (χ1n) is 7.58. The molecule has 9 nitrogen and oxygen atoms in total. The van der Waals surface area contributed by atoms with Crippen molar-refractivity contribution in [3.63, 3.8) is 0 Å². The molecule has 10 heteroatoms. The highest BCUT2D eigenvalue weighted by atomic mass is 32.2. The summed E-state index contributed by atoms with van der Waals surface area (Å²) in [5.41, 5.74) is 0.446. The summed E-state index contributed by atoms with van der Waals surface area (Å²) in [4.78, 5) is 22.6. The molecule has 0 aliphatic rings. The Labute approximate surface area is 148 Å². The van der Waals surface area contributed by atoms with Crippen LogP contribution < -0.4 is 5.32 Å². The zero-order valence-corrected chi connectivity index (χ0v) is 14.7. The molecule has 2 aromatic rings. The number of nitrogens with zero attached hydrogens (tertiary/aromatic N) is 3. The second-order valence-electron chi connectivity index (χ2n) is 4.90. The largest absolute Gasteiger partial charge is 0.414 e. The highest BCUT2D eigenvalue weighted by Crippen LogP contribution is 2.21. The fourth-order valence-electron chi connectivity index (χ4n) is 2.02. The molecule has 1 aromatic heterocycles. The summed E-state index contributed by atoms with van der Waals surface area (Å²) in [6, 6.07) is 4.36. The van der Waals surface area contributed by atoms with Gasteiger partial charge in [0.2, 0.25) is 5.89 Å². The molecule has 0 aliphatic heterocycles. The van der Waals surface area contributed by atoms with Gasteiger partial charge in [-0.1, -0.05) is 17.8 Å². The molecule has 0 aliphatic carbocycles. The van der Waals surface area contributed by atoms with Crippen LogP contribution in [0.2, 0.25) is 0 Å². The second kappa shape index (κ2) is 9.14. The Bertz CT molecular complexity index is 749. The van der Waals surface area contributed by atoms with Crippen LogP contribution in [0, 0.1) is 17.0 Å². The minimum absolute atomic E-state index is 0.0417. The first-order valence-corrected chi connectivity index (χ1v) is 8.56. The molecule has 0 radical (unpaired) electrons. The van der Waals surface area contributed by atoms with E-state index in [1.807, 2.05) is 6.92 Å². The Morgan fingerprint density at radius 2 is 2.24 bits per heavy atom. The summed E-state index contributed by atoms with van der Waals surface area (Å²) >= 11 is 1.37. The zero-order valence-electron chi connectivity index (χ0n) is 13.9. The predicted molar refractivity (Wildman–Crippen MR) is 90.5 cm³/mol. The second-order valence-corrected chi connectivity index (χ2v) is 5.94. The molecular weight excluding hydrogens is 348 g/mol. The number of rotatable bonds is 9. The van der Waals surface area contributed by atoms with E-state index in [4.69, 9.17) is 9.15 Å². The number of carbonyl (C=O) groups excluding carboxylic acids is 1. The number of ether oxygens (including phenoxy) is 1. The van der Waals surface area contributed by atoms with Crippen molar-refractivity contribution < 1.29 is 18.9 Å². The summed E-state index contributed by atoms with van der Waals surface area (Å²) in [5, 5.41) is 21.7. The number of nitro benzene ring substituents is 1. The standard InChI is InChI=1S/C15H18N4O5S/c1-3-23-7-8-25-15-18-17-13(24-15)9-16-14(20)11-5-4-6-12(10(11)2)19(21)22/h4-6H,3,7-9H2,1-2H3,(H,16,20). The Morgan fingerprint density at radius 3 is 2.96 bits per heavy atom. The van der Waals surface area contributed by atoms with Crippen molar-refractivity contribution >= 4 is 23.4 Å². The Balaban J connectivity index is 1.91. The van der Waals surface area contributed by atoms with Gasteiger partial charge in [0.05, 0.1) is 18.1 Å². The number of nitro groups is 1. The fraction of sp³-hybridized carbons (Fsp3) is 0.400. The number of aromatic nitrogens is 2. The average Bonchev–Trinajstić information content (AvgIpc) is 3.04. The third kappa shape index (κ3) is 5.26. The van der Waals surface area contributed by atoms with Gasteiger partial charge in [0.15, 0.2) is 0 Å². The Hall–Kier alpha value is -2.46. The van der Waals surface area contributed by atoms with Crippen LogP contribution in [-0.4, -0.2) is 40.0 Å². The number of hydrogen-bond acceptors (Lipinski definition) is 8. The number of benzene rings is 1.